The summed E-state index contributed by atoms with van der Waals surface area (Å²) in [6, 6.07) is 12.0. The van der Waals surface area contributed by atoms with E-state index in [1.807, 2.05) is 69.6 Å². The van der Waals surface area contributed by atoms with Gasteiger partial charge in [0.15, 0.2) is 0 Å². The smallest absolute Gasteiger partial charge is 0.246 e. The van der Waals surface area contributed by atoms with E-state index < -0.39 is 35.4 Å². The van der Waals surface area contributed by atoms with Crippen LogP contribution in [0.4, 0.5) is 0 Å². The maximum atomic E-state index is 13.9. The Hall–Kier alpha value is -3.96. The van der Waals surface area contributed by atoms with Crippen LogP contribution >= 0.6 is 11.3 Å². The number of phenols is 1. The van der Waals surface area contributed by atoms with Gasteiger partial charge in [-0.2, -0.15) is 0 Å². The van der Waals surface area contributed by atoms with E-state index in [1.165, 1.54) is 16.0 Å². The van der Waals surface area contributed by atoms with Gasteiger partial charge in [-0.15, -0.1) is 11.3 Å². The van der Waals surface area contributed by atoms with E-state index in [0.29, 0.717) is 62.5 Å². The third kappa shape index (κ3) is 12.6. The number of β-amino-alcohol motifs (C(OH)–C–C–N with tert-alkyl or cyclic N) is 1. The monoisotopic (exact) mass is 947 g/mol. The number of hydrogen-bond acceptors (Lipinski definition) is 12. The molecule has 15 heteroatoms. The molecule has 2 saturated carbocycles. The first-order valence-electron chi connectivity index (χ1n) is 24.5. The predicted octanol–water partition coefficient (Wildman–Crippen LogP) is 6.31. The van der Waals surface area contributed by atoms with Crippen molar-refractivity contribution in [1.29, 1.82) is 0 Å². The number of ether oxygens (including phenoxy) is 4. The van der Waals surface area contributed by atoms with Crippen LogP contribution in [0.3, 0.4) is 0 Å². The summed E-state index contributed by atoms with van der Waals surface area (Å²) >= 11 is 1.58. The Morgan fingerprint density at radius 1 is 0.925 bits per heavy atom. The lowest BCUT2D eigenvalue weighted by molar-refractivity contribution is -0.144. The normalized spacial score (nSPS) is 26.1. The molecule has 1 unspecified atom stereocenters. The standard InChI is InChI=1S/C52H74N4O10S/c1-33-47(67-32-54-33)35-11-9-34(10-12-35)29-53-49(61)43-28-39(58)30-56(43)50(62)48(51(2,3)4)55-45(60)31-66-25-24-65-23-22-64-21-20-63-19-7-6-8-36-26-37-27-38(57)13-14-40(37)41-17-18-52(5)42(46(36)41)15-16-44(52)59/h9-14,27,32,36,39,41-44,46,48,57-59H,6-8,15-26,28-31H2,1-5H3,(H,53,61)(H,55,60)/t36-,39-,41-,42+,43+,44+,46?,48-,52+/m1/s1. The fourth-order valence-electron chi connectivity index (χ4n) is 11.4. The zero-order chi connectivity index (χ0) is 47.7. The van der Waals surface area contributed by atoms with Crippen LogP contribution < -0.4 is 10.6 Å². The molecule has 1 aromatic heterocycles. The first-order chi connectivity index (χ1) is 32.1. The molecule has 67 heavy (non-hydrogen) atoms. The second-order valence-electron chi connectivity index (χ2n) is 20.6. The number of amides is 3. The number of benzene rings is 2. The van der Waals surface area contributed by atoms with Crippen LogP contribution in [0.25, 0.3) is 10.4 Å². The molecule has 2 heterocycles. The summed E-state index contributed by atoms with van der Waals surface area (Å²) in [5, 5.41) is 37.5. The van der Waals surface area contributed by atoms with Crippen molar-refractivity contribution in [3.05, 3.63) is 70.4 Å². The van der Waals surface area contributed by atoms with Gasteiger partial charge in [0.1, 0.15) is 24.4 Å². The highest BCUT2D eigenvalue weighted by Gasteiger charge is 2.56. The van der Waals surface area contributed by atoms with E-state index >= 15 is 0 Å². The number of hydrogen-bond donors (Lipinski definition) is 5. The molecule has 5 N–H and O–H groups in total. The molecule has 368 valence electrons. The average molecular weight is 947 g/mol. The Morgan fingerprint density at radius 2 is 1.63 bits per heavy atom. The Labute approximate surface area is 400 Å². The van der Waals surface area contributed by atoms with Gasteiger partial charge in [-0.3, -0.25) is 14.4 Å². The summed E-state index contributed by atoms with van der Waals surface area (Å²) in [4.78, 5) is 47.1. The van der Waals surface area contributed by atoms with Crippen molar-refractivity contribution in [2.75, 3.05) is 59.4 Å². The minimum absolute atomic E-state index is 0.00744. The number of nitrogens with one attached hydrogen (secondary N) is 2. The topological polar surface area (TPSA) is 189 Å². The molecule has 1 saturated heterocycles. The van der Waals surface area contributed by atoms with Crippen molar-refractivity contribution in [3.8, 4) is 16.2 Å². The number of aliphatic hydroxyl groups excluding tert-OH is 2. The minimum atomic E-state index is -0.953. The molecule has 4 aliphatic rings. The van der Waals surface area contributed by atoms with Gasteiger partial charge in [0.05, 0.1) is 67.9 Å². The van der Waals surface area contributed by atoms with E-state index in [2.05, 4.69) is 28.6 Å². The van der Waals surface area contributed by atoms with E-state index in [-0.39, 0.29) is 56.8 Å². The molecule has 14 nitrogen and oxygen atoms in total. The van der Waals surface area contributed by atoms with Crippen molar-refractivity contribution in [1.82, 2.24) is 20.5 Å². The van der Waals surface area contributed by atoms with E-state index in [1.54, 1.807) is 11.3 Å². The van der Waals surface area contributed by atoms with Gasteiger partial charge in [-0.1, -0.05) is 64.4 Å². The van der Waals surface area contributed by atoms with Crippen molar-refractivity contribution in [2.45, 2.75) is 129 Å². The number of unbranched alkanes of at least 4 members (excludes halogenated alkanes) is 1. The SMILES string of the molecule is Cc1ncsc1-c1ccc(CNC(=O)[C@@H]2C[C@@H](O)CN2C(=O)[C@@H](NC(=O)COCCOCCOCCOCCCC[C@@H]2Cc3cc(O)ccc3[C@H]3CC[C@]4(C)[C@@H](O)CC[C@H]4C23)C(C)(C)C)cc1. The third-order valence-electron chi connectivity index (χ3n) is 15.0. The first-order valence-corrected chi connectivity index (χ1v) is 25.4. The minimum Gasteiger partial charge on any atom is -0.508 e. The number of likely N-dealkylation sites (tertiary alicyclic amines) is 1. The Kier molecular flexibility index (Phi) is 17.5. The summed E-state index contributed by atoms with van der Waals surface area (Å²) in [6.07, 6.45) is 7.43. The molecule has 3 amide bonds. The van der Waals surface area contributed by atoms with Gasteiger partial charge >= 0.3 is 0 Å². The molecule has 0 spiro atoms. The highest BCUT2D eigenvalue weighted by molar-refractivity contribution is 7.13. The number of aliphatic hydroxyl groups is 2. The first kappa shape index (κ1) is 50.9. The molecule has 7 rings (SSSR count). The summed E-state index contributed by atoms with van der Waals surface area (Å²) in [5.41, 5.74) is 6.79. The van der Waals surface area contributed by atoms with Gasteiger partial charge in [-0.25, -0.2) is 4.98 Å². The lowest BCUT2D eigenvalue weighted by atomic mass is 9.52. The molecule has 3 aliphatic carbocycles. The van der Waals surface area contributed by atoms with Crippen LogP contribution in [-0.2, 0) is 46.3 Å². The van der Waals surface area contributed by atoms with Crippen LogP contribution in [0, 0.1) is 35.5 Å². The Morgan fingerprint density at radius 3 is 2.31 bits per heavy atom. The van der Waals surface area contributed by atoms with Crippen LogP contribution in [0.1, 0.15) is 107 Å². The molecular formula is C52H74N4O10S. The second kappa shape index (κ2) is 23.1. The Balaban J connectivity index is 0.734. The van der Waals surface area contributed by atoms with Gasteiger partial charge in [-0.05, 0) is 121 Å². The zero-order valence-electron chi connectivity index (χ0n) is 40.2. The van der Waals surface area contributed by atoms with E-state index in [4.69, 9.17) is 18.9 Å². The lowest BCUT2D eigenvalue weighted by Gasteiger charge is -2.53. The van der Waals surface area contributed by atoms with Crippen molar-refractivity contribution in [2.24, 2.45) is 28.6 Å². The number of carbonyl (C=O) groups is 3. The number of fused-ring (bicyclic) bond motifs is 5. The number of phenolic OH excluding ortho intramolecular Hbond substituents is 1. The lowest BCUT2D eigenvalue weighted by Crippen LogP contribution is -2.58. The van der Waals surface area contributed by atoms with E-state index in [0.717, 1.165) is 73.1 Å². The van der Waals surface area contributed by atoms with Crippen molar-refractivity contribution in [3.63, 3.8) is 0 Å². The van der Waals surface area contributed by atoms with Crippen molar-refractivity contribution >= 4 is 29.1 Å². The summed E-state index contributed by atoms with van der Waals surface area (Å²) in [5.74, 6) is 1.27. The molecule has 1 aliphatic heterocycles. The second-order valence-corrected chi connectivity index (χ2v) is 21.5. The van der Waals surface area contributed by atoms with Gasteiger partial charge in [0.2, 0.25) is 17.7 Å². The molecule has 0 bridgehead atoms. The average Bonchev–Trinajstić information content (AvgIpc) is 4.00. The molecule has 3 fully saturated rings. The number of rotatable bonds is 22. The highest BCUT2D eigenvalue weighted by Crippen LogP contribution is 2.62. The van der Waals surface area contributed by atoms with Crippen LogP contribution in [-0.4, -0.2) is 127 Å². The largest absolute Gasteiger partial charge is 0.508 e. The van der Waals surface area contributed by atoms with E-state index in [9.17, 15) is 29.7 Å². The predicted molar refractivity (Wildman–Crippen MR) is 256 cm³/mol. The summed E-state index contributed by atoms with van der Waals surface area (Å²) in [7, 11) is 0. The maximum absolute atomic E-state index is 13.9. The number of aromatic hydroxyl groups is 1. The summed E-state index contributed by atoms with van der Waals surface area (Å²) in [6.45, 7) is 12.7. The number of thiazole rings is 1. The fourth-order valence-corrected chi connectivity index (χ4v) is 12.3. The van der Waals surface area contributed by atoms with Gasteiger partial charge in [0.25, 0.3) is 0 Å². The van der Waals surface area contributed by atoms with Crippen LogP contribution in [0.2, 0.25) is 0 Å². The number of aromatic nitrogens is 1. The molecule has 0 radical (unpaired) electrons. The molecule has 9 atom stereocenters. The highest BCUT2D eigenvalue weighted by atomic mass is 32.1. The van der Waals surface area contributed by atoms with Crippen LogP contribution in [0.15, 0.2) is 48.0 Å². The van der Waals surface area contributed by atoms with Crippen molar-refractivity contribution < 1.29 is 48.7 Å². The number of nitrogens with zero attached hydrogens (tertiary/aromatic N) is 2. The van der Waals surface area contributed by atoms with Crippen LogP contribution in [0.5, 0.6) is 5.75 Å². The quantitative estimate of drug-likeness (QED) is 0.0710. The molecule has 3 aromatic rings. The molecular weight excluding hydrogens is 873 g/mol. The third-order valence-corrected chi connectivity index (χ3v) is 16.0. The number of carbonyl (C=O) groups excluding carboxylic acids is 3. The molecule has 2 aromatic carbocycles. The Bertz CT molecular complexity index is 2110. The fraction of sp³-hybridized carbons (Fsp3) is 0.654. The van der Waals surface area contributed by atoms with Gasteiger partial charge < -0.3 is 49.8 Å². The zero-order valence-corrected chi connectivity index (χ0v) is 41.0. The number of aryl methyl sites for hydroxylation is 1. The summed E-state index contributed by atoms with van der Waals surface area (Å²) < 4.78 is 22.8. The van der Waals surface area contributed by atoms with Gasteiger partial charge in [0, 0.05) is 26.1 Å². The maximum Gasteiger partial charge on any atom is 0.246 e.